The van der Waals surface area contributed by atoms with Crippen LogP contribution in [0.5, 0.6) is 17.2 Å². The van der Waals surface area contributed by atoms with Gasteiger partial charge in [-0.1, -0.05) is 0 Å². The van der Waals surface area contributed by atoms with Crippen LogP contribution >= 0.6 is 0 Å². The van der Waals surface area contributed by atoms with Crippen LogP contribution in [-0.2, 0) is 20.7 Å². The molecule has 156 valence electrons. The van der Waals surface area contributed by atoms with Crippen molar-refractivity contribution in [2.75, 3.05) is 27.9 Å². The Labute approximate surface area is 166 Å². The molecule has 1 aromatic carbocycles. The van der Waals surface area contributed by atoms with Gasteiger partial charge in [0, 0.05) is 18.5 Å². The first-order valence-corrected chi connectivity index (χ1v) is 9.66. The Bertz CT molecular complexity index is 654. The molecule has 1 aliphatic heterocycles. The van der Waals surface area contributed by atoms with Gasteiger partial charge in [-0.05, 0) is 57.2 Å². The number of likely N-dealkylation sites (tertiary alicyclic amines) is 1. The number of ether oxygens (including phenoxy) is 4. The van der Waals surface area contributed by atoms with Crippen LogP contribution in [0, 0.1) is 0 Å². The molecule has 0 aromatic heterocycles. The molecule has 0 unspecified atom stereocenters. The van der Waals surface area contributed by atoms with Crippen molar-refractivity contribution < 1.29 is 28.5 Å². The number of carbonyl (C=O) groups is 2. The highest BCUT2D eigenvalue weighted by Crippen LogP contribution is 2.38. The van der Waals surface area contributed by atoms with E-state index in [2.05, 4.69) is 0 Å². The van der Waals surface area contributed by atoms with E-state index < -0.39 is 5.97 Å². The smallest absolute Gasteiger partial charge is 0.306 e. The topological polar surface area (TPSA) is 74.3 Å². The van der Waals surface area contributed by atoms with Gasteiger partial charge in [-0.2, -0.15) is 0 Å². The standard InChI is InChI=1S/C21H31NO6/c1-14-7-6-8-15(2)22(14)19(23)13-28-20(24)10-9-16-11-17(25-3)21(27-5)18(12-16)26-4/h11-12,14-15H,6-10,13H2,1-5H3/t14-,15-/m0/s1. The number of rotatable bonds is 8. The zero-order valence-corrected chi connectivity index (χ0v) is 17.4. The van der Waals surface area contributed by atoms with Crippen molar-refractivity contribution in [3.8, 4) is 17.2 Å². The SMILES string of the molecule is COc1cc(CCC(=O)OCC(=O)N2[C@@H](C)CCC[C@@H]2C)cc(OC)c1OC. The van der Waals surface area contributed by atoms with Crippen LogP contribution in [0.15, 0.2) is 12.1 Å². The highest BCUT2D eigenvalue weighted by atomic mass is 16.5. The van der Waals surface area contributed by atoms with Gasteiger partial charge in [0.2, 0.25) is 5.75 Å². The second-order valence-electron chi connectivity index (χ2n) is 7.12. The molecule has 1 fully saturated rings. The lowest BCUT2D eigenvalue weighted by atomic mass is 9.97. The summed E-state index contributed by atoms with van der Waals surface area (Å²) in [6, 6.07) is 3.98. The molecular weight excluding hydrogens is 362 g/mol. The molecule has 1 amide bonds. The molecule has 1 heterocycles. The number of carbonyl (C=O) groups excluding carboxylic acids is 2. The summed E-state index contributed by atoms with van der Waals surface area (Å²) in [6.07, 6.45) is 3.72. The molecule has 1 saturated heterocycles. The van der Waals surface area contributed by atoms with E-state index >= 15 is 0 Å². The second kappa shape index (κ2) is 10.2. The fourth-order valence-electron chi connectivity index (χ4n) is 3.73. The first kappa shape index (κ1) is 21.9. The lowest BCUT2D eigenvalue weighted by Gasteiger charge is -2.38. The molecule has 2 atom stereocenters. The molecule has 0 radical (unpaired) electrons. The van der Waals surface area contributed by atoms with E-state index in [1.165, 1.54) is 0 Å². The first-order chi connectivity index (χ1) is 13.4. The average molecular weight is 393 g/mol. The number of benzene rings is 1. The lowest BCUT2D eigenvalue weighted by molar-refractivity contribution is -0.154. The molecular formula is C21H31NO6. The van der Waals surface area contributed by atoms with Crippen LogP contribution in [-0.4, -0.2) is 56.8 Å². The summed E-state index contributed by atoms with van der Waals surface area (Å²) in [5, 5.41) is 0. The van der Waals surface area contributed by atoms with Gasteiger partial charge in [-0.25, -0.2) is 0 Å². The van der Waals surface area contributed by atoms with E-state index in [4.69, 9.17) is 18.9 Å². The number of piperidine rings is 1. The number of nitrogens with zero attached hydrogens (tertiary/aromatic N) is 1. The number of amides is 1. The third kappa shape index (κ3) is 5.30. The maximum atomic E-state index is 12.4. The summed E-state index contributed by atoms with van der Waals surface area (Å²) in [4.78, 5) is 26.4. The van der Waals surface area contributed by atoms with Crippen molar-refractivity contribution in [2.24, 2.45) is 0 Å². The van der Waals surface area contributed by atoms with Crippen LogP contribution in [0.3, 0.4) is 0 Å². The maximum absolute atomic E-state index is 12.4. The van der Waals surface area contributed by atoms with Gasteiger partial charge in [0.05, 0.1) is 21.3 Å². The van der Waals surface area contributed by atoms with Gasteiger partial charge in [-0.3, -0.25) is 9.59 Å². The first-order valence-electron chi connectivity index (χ1n) is 9.66. The Morgan fingerprint density at radius 2 is 1.57 bits per heavy atom. The summed E-state index contributed by atoms with van der Waals surface area (Å²) in [6.45, 7) is 3.88. The Balaban J connectivity index is 1.89. The minimum atomic E-state index is -0.403. The number of methoxy groups -OCH3 is 3. The Morgan fingerprint density at radius 1 is 1.00 bits per heavy atom. The van der Waals surface area contributed by atoms with Crippen LogP contribution in [0.2, 0.25) is 0 Å². The van der Waals surface area contributed by atoms with Crippen LogP contribution < -0.4 is 14.2 Å². The van der Waals surface area contributed by atoms with E-state index in [1.807, 2.05) is 18.7 Å². The van der Waals surface area contributed by atoms with Crippen LogP contribution in [0.4, 0.5) is 0 Å². The van der Waals surface area contributed by atoms with Crippen molar-refractivity contribution in [3.63, 3.8) is 0 Å². The zero-order chi connectivity index (χ0) is 20.7. The zero-order valence-electron chi connectivity index (χ0n) is 17.4. The summed E-state index contributed by atoms with van der Waals surface area (Å²) >= 11 is 0. The van der Waals surface area contributed by atoms with Gasteiger partial charge in [-0.15, -0.1) is 0 Å². The van der Waals surface area contributed by atoms with Crippen molar-refractivity contribution in [1.29, 1.82) is 0 Å². The minimum Gasteiger partial charge on any atom is -0.493 e. The molecule has 0 aliphatic carbocycles. The molecule has 2 rings (SSSR count). The van der Waals surface area contributed by atoms with Crippen molar-refractivity contribution in [3.05, 3.63) is 17.7 Å². The normalized spacial score (nSPS) is 19.1. The highest BCUT2D eigenvalue weighted by Gasteiger charge is 2.29. The van der Waals surface area contributed by atoms with Gasteiger partial charge in [0.25, 0.3) is 5.91 Å². The summed E-state index contributed by atoms with van der Waals surface area (Å²) in [5.74, 6) is 1.05. The minimum absolute atomic E-state index is 0.124. The monoisotopic (exact) mass is 393 g/mol. The van der Waals surface area contributed by atoms with Gasteiger partial charge < -0.3 is 23.8 Å². The molecule has 7 heteroatoms. The van der Waals surface area contributed by atoms with Gasteiger partial charge in [0.15, 0.2) is 18.1 Å². The lowest BCUT2D eigenvalue weighted by Crippen LogP contribution is -2.49. The van der Waals surface area contributed by atoms with Crippen molar-refractivity contribution in [2.45, 2.75) is 58.0 Å². The summed E-state index contributed by atoms with van der Waals surface area (Å²) in [5.41, 5.74) is 0.857. The van der Waals surface area contributed by atoms with E-state index in [0.29, 0.717) is 23.7 Å². The molecule has 0 saturated carbocycles. The van der Waals surface area contributed by atoms with E-state index in [0.717, 1.165) is 24.8 Å². The van der Waals surface area contributed by atoms with Crippen LogP contribution in [0.1, 0.15) is 45.1 Å². The number of esters is 1. The predicted octanol–water partition coefficient (Wildman–Crippen LogP) is 2.98. The van der Waals surface area contributed by atoms with E-state index in [1.54, 1.807) is 33.5 Å². The van der Waals surface area contributed by atoms with Crippen molar-refractivity contribution in [1.82, 2.24) is 4.90 Å². The van der Waals surface area contributed by atoms with Gasteiger partial charge in [0.1, 0.15) is 0 Å². The second-order valence-corrected chi connectivity index (χ2v) is 7.12. The molecule has 7 nitrogen and oxygen atoms in total. The Kier molecular flexibility index (Phi) is 7.96. The number of hydrogen-bond acceptors (Lipinski definition) is 6. The molecule has 1 aliphatic rings. The highest BCUT2D eigenvalue weighted by molar-refractivity contribution is 5.81. The quantitative estimate of drug-likeness (QED) is 0.632. The fourth-order valence-corrected chi connectivity index (χ4v) is 3.73. The number of aryl methyl sites for hydroxylation is 1. The number of hydrogen-bond donors (Lipinski definition) is 0. The molecule has 0 bridgehead atoms. The summed E-state index contributed by atoms with van der Waals surface area (Å²) < 4.78 is 21.2. The average Bonchev–Trinajstić information content (AvgIpc) is 2.69. The molecule has 1 aromatic rings. The van der Waals surface area contributed by atoms with E-state index in [9.17, 15) is 9.59 Å². The third-order valence-corrected chi connectivity index (χ3v) is 5.18. The van der Waals surface area contributed by atoms with Crippen LogP contribution in [0.25, 0.3) is 0 Å². The largest absolute Gasteiger partial charge is 0.493 e. The molecule has 28 heavy (non-hydrogen) atoms. The molecule has 0 spiro atoms. The molecule has 0 N–H and O–H groups in total. The predicted molar refractivity (Wildman–Crippen MR) is 105 cm³/mol. The van der Waals surface area contributed by atoms with Gasteiger partial charge >= 0.3 is 5.97 Å². The van der Waals surface area contributed by atoms with E-state index in [-0.39, 0.29) is 31.0 Å². The Morgan fingerprint density at radius 3 is 2.07 bits per heavy atom. The maximum Gasteiger partial charge on any atom is 0.306 e. The van der Waals surface area contributed by atoms with Crippen molar-refractivity contribution >= 4 is 11.9 Å². The Hall–Kier alpha value is -2.44. The third-order valence-electron chi connectivity index (χ3n) is 5.18. The fraction of sp³-hybridized carbons (Fsp3) is 0.619. The summed E-state index contributed by atoms with van der Waals surface area (Å²) in [7, 11) is 4.63.